The molecule has 0 aliphatic carbocycles. The van der Waals surface area contributed by atoms with Crippen molar-refractivity contribution in [3.63, 3.8) is 0 Å². The van der Waals surface area contributed by atoms with Gasteiger partial charge in [0.15, 0.2) is 0 Å². The van der Waals surface area contributed by atoms with E-state index in [1.807, 2.05) is 22.6 Å². The Bertz CT molecular complexity index is 393. The number of carbonyl (C=O) groups is 1. The van der Waals surface area contributed by atoms with Crippen LogP contribution in [-0.4, -0.2) is 25.2 Å². The van der Waals surface area contributed by atoms with Crippen molar-refractivity contribution in [3.8, 4) is 0 Å². The summed E-state index contributed by atoms with van der Waals surface area (Å²) in [5.41, 5.74) is 0.0915. The SMILES string of the molecule is O=C(NC1COC1)c1cc(I)ccc1F. The van der Waals surface area contributed by atoms with Crippen LogP contribution in [-0.2, 0) is 4.74 Å². The van der Waals surface area contributed by atoms with Crippen LogP contribution < -0.4 is 5.32 Å². The quantitative estimate of drug-likeness (QED) is 0.840. The minimum absolute atomic E-state index is 0.0229. The summed E-state index contributed by atoms with van der Waals surface area (Å²) in [5, 5.41) is 2.69. The lowest BCUT2D eigenvalue weighted by Gasteiger charge is -2.26. The molecule has 5 heteroatoms. The fraction of sp³-hybridized carbons (Fsp3) is 0.300. The summed E-state index contributed by atoms with van der Waals surface area (Å²) >= 11 is 2.04. The van der Waals surface area contributed by atoms with Gasteiger partial charge in [0.05, 0.1) is 24.8 Å². The zero-order valence-corrected chi connectivity index (χ0v) is 9.95. The highest BCUT2D eigenvalue weighted by atomic mass is 127. The third-order valence-electron chi connectivity index (χ3n) is 2.15. The van der Waals surface area contributed by atoms with Crippen LogP contribution >= 0.6 is 22.6 Å². The van der Waals surface area contributed by atoms with Crippen molar-refractivity contribution in [2.45, 2.75) is 6.04 Å². The van der Waals surface area contributed by atoms with E-state index in [2.05, 4.69) is 5.32 Å². The topological polar surface area (TPSA) is 38.3 Å². The van der Waals surface area contributed by atoms with Crippen LogP contribution in [0.25, 0.3) is 0 Å². The normalized spacial score (nSPS) is 15.9. The summed E-state index contributed by atoms with van der Waals surface area (Å²) in [4.78, 5) is 11.6. The second kappa shape index (κ2) is 4.44. The second-order valence-electron chi connectivity index (χ2n) is 3.33. The smallest absolute Gasteiger partial charge is 0.254 e. The van der Waals surface area contributed by atoms with E-state index < -0.39 is 5.82 Å². The summed E-state index contributed by atoms with van der Waals surface area (Å²) in [6.45, 7) is 1.02. The van der Waals surface area contributed by atoms with Gasteiger partial charge in [-0.3, -0.25) is 4.79 Å². The van der Waals surface area contributed by atoms with Gasteiger partial charge in [-0.25, -0.2) is 4.39 Å². The lowest BCUT2D eigenvalue weighted by atomic mass is 10.1. The van der Waals surface area contributed by atoms with Crippen LogP contribution in [0.2, 0.25) is 0 Å². The van der Waals surface area contributed by atoms with Crippen LogP contribution in [0, 0.1) is 9.39 Å². The Morgan fingerprint density at radius 1 is 1.53 bits per heavy atom. The zero-order chi connectivity index (χ0) is 10.8. The summed E-state index contributed by atoms with van der Waals surface area (Å²) < 4.78 is 19.0. The molecule has 1 aliphatic rings. The lowest BCUT2D eigenvalue weighted by molar-refractivity contribution is -0.00353. The Labute approximate surface area is 100 Å². The van der Waals surface area contributed by atoms with Gasteiger partial charge >= 0.3 is 0 Å². The van der Waals surface area contributed by atoms with Gasteiger partial charge in [-0.15, -0.1) is 0 Å². The van der Waals surface area contributed by atoms with Crippen LogP contribution in [0.3, 0.4) is 0 Å². The standard InChI is InChI=1S/C10H9FINO2/c11-9-2-1-6(12)3-8(9)10(14)13-7-4-15-5-7/h1-3,7H,4-5H2,(H,13,14). The maximum atomic E-state index is 13.3. The summed E-state index contributed by atoms with van der Waals surface area (Å²) in [7, 11) is 0. The summed E-state index contributed by atoms with van der Waals surface area (Å²) in [6, 6.07) is 4.48. The van der Waals surface area contributed by atoms with Crippen LogP contribution in [0.15, 0.2) is 18.2 Å². The maximum Gasteiger partial charge on any atom is 0.254 e. The predicted molar refractivity (Wildman–Crippen MR) is 61.2 cm³/mol. The number of benzene rings is 1. The van der Waals surface area contributed by atoms with Gasteiger partial charge in [-0.05, 0) is 40.8 Å². The van der Waals surface area contributed by atoms with Gasteiger partial charge < -0.3 is 10.1 Å². The molecule has 3 nitrogen and oxygen atoms in total. The van der Waals surface area contributed by atoms with Crippen molar-refractivity contribution < 1.29 is 13.9 Å². The molecule has 0 unspecified atom stereocenters. The highest BCUT2D eigenvalue weighted by Gasteiger charge is 2.22. The maximum absolute atomic E-state index is 13.3. The van der Waals surface area contributed by atoms with Gasteiger partial charge in [-0.1, -0.05) is 0 Å². The first-order chi connectivity index (χ1) is 7.16. The summed E-state index contributed by atoms with van der Waals surface area (Å²) in [6.07, 6.45) is 0. The molecule has 1 amide bonds. The van der Waals surface area contributed by atoms with Crippen molar-refractivity contribution in [1.82, 2.24) is 5.32 Å². The Morgan fingerprint density at radius 2 is 2.27 bits per heavy atom. The molecule has 80 valence electrons. The highest BCUT2D eigenvalue weighted by Crippen LogP contribution is 2.13. The largest absolute Gasteiger partial charge is 0.377 e. The molecule has 0 saturated carbocycles. The van der Waals surface area contributed by atoms with Gasteiger partial charge in [-0.2, -0.15) is 0 Å². The second-order valence-corrected chi connectivity index (χ2v) is 4.58. The number of nitrogens with one attached hydrogen (secondary N) is 1. The minimum atomic E-state index is -0.492. The van der Waals surface area contributed by atoms with Crippen molar-refractivity contribution in [3.05, 3.63) is 33.1 Å². The van der Waals surface area contributed by atoms with E-state index >= 15 is 0 Å². The molecule has 1 heterocycles. The molecule has 15 heavy (non-hydrogen) atoms. The number of hydrogen-bond donors (Lipinski definition) is 1. The number of rotatable bonds is 2. The fourth-order valence-electron chi connectivity index (χ4n) is 1.25. The van der Waals surface area contributed by atoms with Gasteiger partial charge in [0.25, 0.3) is 5.91 Å². The van der Waals surface area contributed by atoms with Crippen molar-refractivity contribution in [1.29, 1.82) is 0 Å². The Balaban J connectivity index is 2.12. The van der Waals surface area contributed by atoms with Gasteiger partial charge in [0, 0.05) is 3.57 Å². The van der Waals surface area contributed by atoms with Gasteiger partial charge in [0.2, 0.25) is 0 Å². The number of amides is 1. The first kappa shape index (κ1) is 10.8. The number of carbonyl (C=O) groups excluding carboxylic acids is 1. The Kier molecular flexibility index (Phi) is 3.20. The number of ether oxygens (including phenoxy) is 1. The van der Waals surface area contributed by atoms with Crippen LogP contribution in [0.1, 0.15) is 10.4 Å². The molecule has 0 radical (unpaired) electrons. The highest BCUT2D eigenvalue weighted by molar-refractivity contribution is 14.1. The number of hydrogen-bond acceptors (Lipinski definition) is 2. The molecule has 1 saturated heterocycles. The van der Waals surface area contributed by atoms with Crippen molar-refractivity contribution in [2.24, 2.45) is 0 Å². The van der Waals surface area contributed by atoms with Gasteiger partial charge in [0.1, 0.15) is 5.82 Å². The lowest BCUT2D eigenvalue weighted by Crippen LogP contribution is -2.48. The number of halogens is 2. The molecule has 0 bridgehead atoms. The van der Waals surface area contributed by atoms with E-state index in [4.69, 9.17) is 4.74 Å². The molecular weight excluding hydrogens is 312 g/mol. The predicted octanol–water partition coefficient (Wildman–Crippen LogP) is 1.56. The third kappa shape index (κ3) is 2.46. The van der Waals surface area contributed by atoms with E-state index in [1.165, 1.54) is 12.1 Å². The molecular formula is C10H9FINO2. The Morgan fingerprint density at radius 3 is 2.87 bits per heavy atom. The van der Waals surface area contributed by atoms with E-state index in [0.717, 1.165) is 3.57 Å². The molecule has 1 aromatic rings. The molecule has 0 atom stereocenters. The molecule has 1 aliphatic heterocycles. The molecule has 0 spiro atoms. The Hall–Kier alpha value is -0.690. The first-order valence-electron chi connectivity index (χ1n) is 4.50. The van der Waals surface area contributed by atoms with E-state index in [0.29, 0.717) is 13.2 Å². The average molecular weight is 321 g/mol. The first-order valence-corrected chi connectivity index (χ1v) is 5.58. The molecule has 1 aromatic carbocycles. The zero-order valence-electron chi connectivity index (χ0n) is 7.80. The summed E-state index contributed by atoms with van der Waals surface area (Å²) in [5.74, 6) is -0.868. The van der Waals surface area contributed by atoms with E-state index in [1.54, 1.807) is 6.07 Å². The van der Waals surface area contributed by atoms with Crippen LogP contribution in [0.5, 0.6) is 0 Å². The van der Waals surface area contributed by atoms with Crippen molar-refractivity contribution >= 4 is 28.5 Å². The van der Waals surface area contributed by atoms with Crippen LogP contribution in [0.4, 0.5) is 4.39 Å². The fourth-order valence-corrected chi connectivity index (χ4v) is 1.74. The van der Waals surface area contributed by atoms with E-state index in [9.17, 15) is 9.18 Å². The monoisotopic (exact) mass is 321 g/mol. The van der Waals surface area contributed by atoms with Crippen molar-refractivity contribution in [2.75, 3.05) is 13.2 Å². The molecule has 2 rings (SSSR count). The van der Waals surface area contributed by atoms with E-state index in [-0.39, 0.29) is 17.5 Å². The molecule has 1 N–H and O–H groups in total. The molecule has 1 fully saturated rings. The third-order valence-corrected chi connectivity index (χ3v) is 2.82. The molecule has 0 aromatic heterocycles. The average Bonchev–Trinajstić information content (AvgIpc) is 2.15. The minimum Gasteiger partial charge on any atom is -0.377 e.